The molecule has 1 atom stereocenters. The number of aromatic amines is 1. The smallest absolute Gasteiger partial charge is 0.123 e. The van der Waals surface area contributed by atoms with Crippen LogP contribution in [0.1, 0.15) is 34.8 Å². The zero-order chi connectivity index (χ0) is 15.1. The van der Waals surface area contributed by atoms with Crippen LogP contribution in [0.25, 0.3) is 10.9 Å². The van der Waals surface area contributed by atoms with Crippen molar-refractivity contribution in [1.82, 2.24) is 10.3 Å². The molecule has 1 aromatic heterocycles. The van der Waals surface area contributed by atoms with Gasteiger partial charge in [-0.05, 0) is 55.2 Å². The van der Waals surface area contributed by atoms with Crippen LogP contribution in [0.5, 0.6) is 0 Å². The quantitative estimate of drug-likeness (QED) is 0.736. The maximum absolute atomic E-state index is 13.0. The Morgan fingerprint density at radius 2 is 2.00 bits per heavy atom. The van der Waals surface area contributed by atoms with Crippen molar-refractivity contribution in [1.29, 1.82) is 0 Å². The first kappa shape index (κ1) is 13.5. The second kappa shape index (κ2) is 5.25. The van der Waals surface area contributed by atoms with Gasteiger partial charge in [0.2, 0.25) is 0 Å². The minimum Gasteiger partial charge on any atom is -0.357 e. The molecule has 0 amide bonds. The van der Waals surface area contributed by atoms with Crippen molar-refractivity contribution in [3.8, 4) is 0 Å². The fourth-order valence-electron chi connectivity index (χ4n) is 3.43. The molecule has 0 saturated carbocycles. The van der Waals surface area contributed by atoms with Gasteiger partial charge in [0, 0.05) is 29.2 Å². The van der Waals surface area contributed by atoms with Crippen molar-refractivity contribution in [2.24, 2.45) is 0 Å². The number of aryl methyl sites for hydroxylation is 2. The Morgan fingerprint density at radius 1 is 1.18 bits per heavy atom. The highest BCUT2D eigenvalue weighted by molar-refractivity contribution is 5.86. The molecular formula is C19H19FN2. The number of aromatic nitrogens is 1. The second-order valence-electron chi connectivity index (χ2n) is 6.16. The van der Waals surface area contributed by atoms with Gasteiger partial charge in [-0.1, -0.05) is 23.8 Å². The van der Waals surface area contributed by atoms with E-state index in [-0.39, 0.29) is 5.82 Å². The van der Waals surface area contributed by atoms with Gasteiger partial charge in [0.25, 0.3) is 0 Å². The first-order chi connectivity index (χ1) is 10.7. The third kappa shape index (κ3) is 2.32. The number of benzene rings is 2. The molecule has 1 heterocycles. The molecule has 1 aliphatic carbocycles. The van der Waals surface area contributed by atoms with Crippen LogP contribution in [-0.4, -0.2) is 4.98 Å². The summed E-state index contributed by atoms with van der Waals surface area (Å²) in [6, 6.07) is 13.7. The van der Waals surface area contributed by atoms with Gasteiger partial charge >= 0.3 is 0 Å². The summed E-state index contributed by atoms with van der Waals surface area (Å²) in [5.41, 5.74) is 6.42. The van der Waals surface area contributed by atoms with Gasteiger partial charge in [0.05, 0.1) is 0 Å². The summed E-state index contributed by atoms with van der Waals surface area (Å²) >= 11 is 0. The number of H-pyrrole nitrogens is 1. The molecule has 0 aliphatic heterocycles. The van der Waals surface area contributed by atoms with Gasteiger partial charge in [0.1, 0.15) is 5.82 Å². The van der Waals surface area contributed by atoms with Crippen LogP contribution in [0.3, 0.4) is 0 Å². The number of halogens is 1. The molecule has 0 spiro atoms. The maximum atomic E-state index is 13.0. The molecule has 0 saturated heterocycles. The first-order valence-electron chi connectivity index (χ1n) is 7.79. The van der Waals surface area contributed by atoms with Gasteiger partial charge in [0.15, 0.2) is 0 Å². The molecule has 0 fully saturated rings. The van der Waals surface area contributed by atoms with E-state index in [0.29, 0.717) is 6.04 Å². The Balaban J connectivity index is 1.56. The molecule has 1 unspecified atom stereocenters. The first-order valence-corrected chi connectivity index (χ1v) is 7.79. The summed E-state index contributed by atoms with van der Waals surface area (Å²) in [4.78, 5) is 3.58. The third-order valence-corrected chi connectivity index (χ3v) is 4.59. The summed E-state index contributed by atoms with van der Waals surface area (Å²) < 4.78 is 13.0. The second-order valence-corrected chi connectivity index (χ2v) is 6.16. The fourth-order valence-corrected chi connectivity index (χ4v) is 3.43. The predicted octanol–water partition coefficient (Wildman–Crippen LogP) is 4.39. The highest BCUT2D eigenvalue weighted by Gasteiger charge is 2.26. The van der Waals surface area contributed by atoms with Crippen molar-refractivity contribution in [2.45, 2.75) is 32.4 Å². The molecule has 3 aromatic rings. The van der Waals surface area contributed by atoms with Crippen molar-refractivity contribution in [2.75, 3.05) is 0 Å². The molecule has 0 bridgehead atoms. The summed E-state index contributed by atoms with van der Waals surface area (Å²) in [7, 11) is 0. The van der Waals surface area contributed by atoms with Gasteiger partial charge in [-0.3, -0.25) is 0 Å². The van der Waals surface area contributed by atoms with Crippen LogP contribution in [0.2, 0.25) is 0 Å². The SMILES string of the molecule is Cc1ccc2[nH]c3c(c2c1)CCC3NCc1ccc(F)cc1. The molecule has 4 rings (SSSR count). The van der Waals surface area contributed by atoms with Crippen molar-refractivity contribution in [3.05, 3.63) is 70.7 Å². The third-order valence-electron chi connectivity index (χ3n) is 4.59. The van der Waals surface area contributed by atoms with Crippen LogP contribution in [0.15, 0.2) is 42.5 Å². The van der Waals surface area contributed by atoms with Gasteiger partial charge in [-0.2, -0.15) is 0 Å². The van der Waals surface area contributed by atoms with E-state index in [4.69, 9.17) is 0 Å². The normalized spacial score (nSPS) is 17.1. The Kier molecular flexibility index (Phi) is 3.23. The van der Waals surface area contributed by atoms with E-state index in [1.165, 1.54) is 39.9 Å². The predicted molar refractivity (Wildman–Crippen MR) is 87.3 cm³/mol. The molecular weight excluding hydrogens is 275 g/mol. The fraction of sp³-hybridized carbons (Fsp3) is 0.263. The molecule has 0 radical (unpaired) electrons. The summed E-state index contributed by atoms with van der Waals surface area (Å²) in [6.07, 6.45) is 2.23. The molecule has 3 heteroatoms. The van der Waals surface area contributed by atoms with E-state index in [9.17, 15) is 4.39 Å². The Bertz CT molecular complexity index is 817. The maximum Gasteiger partial charge on any atom is 0.123 e. The van der Waals surface area contributed by atoms with Crippen LogP contribution in [0.4, 0.5) is 4.39 Å². The highest BCUT2D eigenvalue weighted by atomic mass is 19.1. The average Bonchev–Trinajstić information content (AvgIpc) is 3.06. The summed E-state index contributed by atoms with van der Waals surface area (Å²) in [5, 5.41) is 4.96. The molecule has 22 heavy (non-hydrogen) atoms. The number of hydrogen-bond acceptors (Lipinski definition) is 1. The largest absolute Gasteiger partial charge is 0.357 e. The van der Waals surface area contributed by atoms with E-state index in [2.05, 4.69) is 35.4 Å². The van der Waals surface area contributed by atoms with E-state index >= 15 is 0 Å². The molecule has 112 valence electrons. The van der Waals surface area contributed by atoms with Gasteiger partial charge < -0.3 is 10.3 Å². The van der Waals surface area contributed by atoms with E-state index in [0.717, 1.165) is 24.9 Å². The van der Waals surface area contributed by atoms with Crippen LogP contribution in [-0.2, 0) is 13.0 Å². The van der Waals surface area contributed by atoms with E-state index in [1.54, 1.807) is 0 Å². The number of fused-ring (bicyclic) bond motifs is 3. The highest BCUT2D eigenvalue weighted by Crippen LogP contribution is 2.36. The molecule has 2 aromatic carbocycles. The summed E-state index contributed by atoms with van der Waals surface area (Å²) in [5.74, 6) is -0.183. The molecule has 1 aliphatic rings. The minimum absolute atomic E-state index is 0.183. The standard InChI is InChI=1S/C19H19FN2/c1-12-2-8-17-16(10-12)15-7-9-18(19(15)22-17)21-11-13-3-5-14(20)6-4-13/h2-6,8,10,18,21-22H,7,9,11H2,1H3. The molecule has 2 nitrogen and oxygen atoms in total. The lowest BCUT2D eigenvalue weighted by molar-refractivity contribution is 0.521. The summed E-state index contributed by atoms with van der Waals surface area (Å²) in [6.45, 7) is 2.90. The van der Waals surface area contributed by atoms with Crippen molar-refractivity contribution < 1.29 is 4.39 Å². The Morgan fingerprint density at radius 3 is 2.82 bits per heavy atom. The lowest BCUT2D eigenvalue weighted by atomic mass is 10.1. The van der Waals surface area contributed by atoms with Gasteiger partial charge in [-0.25, -0.2) is 4.39 Å². The van der Waals surface area contributed by atoms with Crippen LogP contribution >= 0.6 is 0 Å². The average molecular weight is 294 g/mol. The monoisotopic (exact) mass is 294 g/mol. The zero-order valence-electron chi connectivity index (χ0n) is 12.6. The van der Waals surface area contributed by atoms with E-state index < -0.39 is 0 Å². The molecule has 2 N–H and O–H groups in total. The number of hydrogen-bond donors (Lipinski definition) is 2. The lowest BCUT2D eigenvalue weighted by Crippen LogP contribution is -2.19. The number of nitrogens with one attached hydrogen (secondary N) is 2. The zero-order valence-corrected chi connectivity index (χ0v) is 12.6. The van der Waals surface area contributed by atoms with Crippen LogP contribution < -0.4 is 5.32 Å². The Hall–Kier alpha value is -2.13. The minimum atomic E-state index is -0.183. The van der Waals surface area contributed by atoms with E-state index in [1.807, 2.05) is 12.1 Å². The Labute approximate surface area is 129 Å². The topological polar surface area (TPSA) is 27.8 Å². The lowest BCUT2D eigenvalue weighted by Gasteiger charge is -2.12. The van der Waals surface area contributed by atoms with Crippen molar-refractivity contribution >= 4 is 10.9 Å². The van der Waals surface area contributed by atoms with Crippen LogP contribution in [0, 0.1) is 12.7 Å². The van der Waals surface area contributed by atoms with Crippen molar-refractivity contribution in [3.63, 3.8) is 0 Å². The number of rotatable bonds is 3. The van der Waals surface area contributed by atoms with Gasteiger partial charge in [-0.15, -0.1) is 0 Å².